The Morgan fingerprint density at radius 2 is 2.00 bits per heavy atom. The second kappa shape index (κ2) is 8.24. The number of unbranched alkanes of at least 4 members (excludes halogenated alkanes) is 3. The predicted octanol–water partition coefficient (Wildman–Crippen LogP) is 1.77. The molecule has 0 aliphatic heterocycles. The number of amides is 1. The molecule has 2 heterocycles. The van der Waals surface area contributed by atoms with Gasteiger partial charge in [-0.1, -0.05) is 12.8 Å². The van der Waals surface area contributed by atoms with Gasteiger partial charge in [-0.15, -0.1) is 0 Å². The number of aromatic nitrogens is 2. The van der Waals surface area contributed by atoms with Crippen molar-refractivity contribution in [2.45, 2.75) is 39.0 Å². The number of aryl methyl sites for hydroxylation is 1. The molecule has 0 unspecified atom stereocenters. The van der Waals surface area contributed by atoms with Crippen LogP contribution in [0, 0.1) is 6.92 Å². The quantitative estimate of drug-likeness (QED) is 0.718. The highest BCUT2D eigenvalue weighted by Crippen LogP contribution is 2.04. The van der Waals surface area contributed by atoms with E-state index in [1.54, 1.807) is 18.3 Å². The standard InChI is InChI=1S/C17H21N3O4/c1-12-7-9-20-14(10-12)19-11-13(17(20)24)16(23)18-8-5-3-2-4-6-15(21)22/h7,9-11H,2-6,8H2,1H3,(H,18,23)(H,21,22). The summed E-state index contributed by atoms with van der Waals surface area (Å²) < 4.78 is 1.35. The molecule has 0 aromatic carbocycles. The molecule has 2 aromatic rings. The zero-order valence-electron chi connectivity index (χ0n) is 13.6. The molecule has 2 N–H and O–H groups in total. The SMILES string of the molecule is Cc1ccn2c(=O)c(C(=O)NCCCCCCC(=O)O)cnc2c1. The average molecular weight is 331 g/mol. The van der Waals surface area contributed by atoms with E-state index in [9.17, 15) is 14.4 Å². The summed E-state index contributed by atoms with van der Waals surface area (Å²) in [5.74, 6) is -1.23. The maximum atomic E-state index is 12.3. The number of carbonyl (C=O) groups excluding carboxylic acids is 1. The number of aliphatic carboxylic acids is 1. The molecule has 24 heavy (non-hydrogen) atoms. The fourth-order valence-electron chi connectivity index (χ4n) is 2.38. The molecule has 7 nitrogen and oxygen atoms in total. The summed E-state index contributed by atoms with van der Waals surface area (Å²) >= 11 is 0. The van der Waals surface area contributed by atoms with Crippen LogP contribution in [0.15, 0.2) is 29.3 Å². The topological polar surface area (TPSA) is 101 Å². The van der Waals surface area contributed by atoms with E-state index >= 15 is 0 Å². The Bertz CT molecular complexity index is 798. The van der Waals surface area contributed by atoms with Crippen molar-refractivity contribution in [2.75, 3.05) is 6.54 Å². The van der Waals surface area contributed by atoms with Crippen LogP contribution in [0.1, 0.15) is 48.0 Å². The van der Waals surface area contributed by atoms with Crippen molar-refractivity contribution in [1.29, 1.82) is 0 Å². The third-order valence-electron chi connectivity index (χ3n) is 3.71. The monoisotopic (exact) mass is 331 g/mol. The van der Waals surface area contributed by atoms with Crippen molar-refractivity contribution in [1.82, 2.24) is 14.7 Å². The van der Waals surface area contributed by atoms with Crippen LogP contribution in [0.4, 0.5) is 0 Å². The Balaban J connectivity index is 1.88. The molecule has 0 bridgehead atoms. The van der Waals surface area contributed by atoms with E-state index < -0.39 is 11.9 Å². The fraction of sp³-hybridized carbons (Fsp3) is 0.412. The maximum Gasteiger partial charge on any atom is 0.303 e. The highest BCUT2D eigenvalue weighted by molar-refractivity contribution is 5.93. The average Bonchev–Trinajstić information content (AvgIpc) is 2.53. The Kier molecular flexibility index (Phi) is 6.06. The number of hydrogen-bond acceptors (Lipinski definition) is 4. The van der Waals surface area contributed by atoms with Crippen molar-refractivity contribution in [3.05, 3.63) is 46.0 Å². The van der Waals surface area contributed by atoms with Crippen LogP contribution in [0.5, 0.6) is 0 Å². The summed E-state index contributed by atoms with van der Waals surface area (Å²) in [6.07, 6.45) is 6.11. The number of pyridine rings is 1. The van der Waals surface area contributed by atoms with Gasteiger partial charge < -0.3 is 10.4 Å². The first-order valence-corrected chi connectivity index (χ1v) is 7.97. The summed E-state index contributed by atoms with van der Waals surface area (Å²) in [6, 6.07) is 3.56. The molecular weight excluding hydrogens is 310 g/mol. The smallest absolute Gasteiger partial charge is 0.303 e. The normalized spacial score (nSPS) is 10.7. The maximum absolute atomic E-state index is 12.3. The Labute approximate surface area is 139 Å². The van der Waals surface area contributed by atoms with E-state index in [1.807, 2.05) is 6.92 Å². The third-order valence-corrected chi connectivity index (χ3v) is 3.71. The van der Waals surface area contributed by atoms with Gasteiger partial charge in [0.05, 0.1) is 0 Å². The van der Waals surface area contributed by atoms with Gasteiger partial charge in [-0.05, 0) is 37.5 Å². The molecule has 128 valence electrons. The van der Waals surface area contributed by atoms with E-state index in [-0.39, 0.29) is 17.5 Å². The number of fused-ring (bicyclic) bond motifs is 1. The van der Waals surface area contributed by atoms with E-state index in [0.29, 0.717) is 18.6 Å². The molecule has 0 aliphatic rings. The molecular formula is C17H21N3O4. The van der Waals surface area contributed by atoms with Crippen LogP contribution < -0.4 is 10.9 Å². The van der Waals surface area contributed by atoms with Crippen molar-refractivity contribution in [3.8, 4) is 0 Å². The van der Waals surface area contributed by atoms with Gasteiger partial charge >= 0.3 is 5.97 Å². The first-order valence-electron chi connectivity index (χ1n) is 7.97. The summed E-state index contributed by atoms with van der Waals surface area (Å²) in [4.78, 5) is 39.0. The zero-order valence-corrected chi connectivity index (χ0v) is 13.6. The van der Waals surface area contributed by atoms with Gasteiger partial charge in [-0.25, -0.2) is 4.98 Å². The summed E-state index contributed by atoms with van der Waals surface area (Å²) in [5, 5.41) is 11.2. The third kappa shape index (κ3) is 4.65. The molecule has 2 aromatic heterocycles. The summed E-state index contributed by atoms with van der Waals surface area (Å²) in [6.45, 7) is 2.35. The molecule has 0 saturated heterocycles. The number of nitrogens with one attached hydrogen (secondary N) is 1. The predicted molar refractivity (Wildman–Crippen MR) is 89.3 cm³/mol. The van der Waals surface area contributed by atoms with Gasteiger partial charge in [0.1, 0.15) is 11.2 Å². The number of hydrogen-bond donors (Lipinski definition) is 2. The van der Waals surface area contributed by atoms with Gasteiger partial charge in [-0.3, -0.25) is 18.8 Å². The minimum atomic E-state index is -0.789. The van der Waals surface area contributed by atoms with Crippen LogP contribution >= 0.6 is 0 Å². The van der Waals surface area contributed by atoms with Crippen molar-refractivity contribution in [3.63, 3.8) is 0 Å². The lowest BCUT2D eigenvalue weighted by Crippen LogP contribution is -2.32. The van der Waals surface area contributed by atoms with E-state index in [2.05, 4.69) is 10.3 Å². The number of rotatable bonds is 8. The molecule has 0 atom stereocenters. The number of carboxylic acids is 1. The molecule has 0 fully saturated rings. The van der Waals surface area contributed by atoms with E-state index in [0.717, 1.165) is 24.8 Å². The fourth-order valence-corrected chi connectivity index (χ4v) is 2.38. The Morgan fingerprint density at radius 1 is 1.25 bits per heavy atom. The van der Waals surface area contributed by atoms with Crippen LogP contribution in [-0.2, 0) is 4.79 Å². The molecule has 1 amide bonds. The second-order valence-corrected chi connectivity index (χ2v) is 5.72. The molecule has 0 saturated carbocycles. The largest absolute Gasteiger partial charge is 0.481 e. The van der Waals surface area contributed by atoms with Gasteiger partial charge in [0, 0.05) is 25.4 Å². The molecule has 2 rings (SSSR count). The number of carboxylic acid groups (broad SMARTS) is 1. The molecule has 0 spiro atoms. The lowest BCUT2D eigenvalue weighted by Gasteiger charge is -2.06. The van der Waals surface area contributed by atoms with Crippen LogP contribution in [0.3, 0.4) is 0 Å². The van der Waals surface area contributed by atoms with Gasteiger partial charge in [-0.2, -0.15) is 0 Å². The lowest BCUT2D eigenvalue weighted by atomic mass is 10.1. The van der Waals surface area contributed by atoms with Crippen LogP contribution in [0.25, 0.3) is 5.65 Å². The van der Waals surface area contributed by atoms with Gasteiger partial charge in [0.2, 0.25) is 0 Å². The summed E-state index contributed by atoms with van der Waals surface area (Å²) in [7, 11) is 0. The lowest BCUT2D eigenvalue weighted by molar-refractivity contribution is -0.137. The minimum absolute atomic E-state index is 0.0160. The Hall–Kier alpha value is -2.70. The van der Waals surface area contributed by atoms with E-state index in [4.69, 9.17) is 5.11 Å². The highest BCUT2D eigenvalue weighted by Gasteiger charge is 2.12. The highest BCUT2D eigenvalue weighted by atomic mass is 16.4. The first-order chi connectivity index (χ1) is 11.5. The van der Waals surface area contributed by atoms with Gasteiger partial charge in [0.25, 0.3) is 11.5 Å². The number of carbonyl (C=O) groups is 2. The molecule has 0 aliphatic carbocycles. The van der Waals surface area contributed by atoms with Crippen LogP contribution in [-0.4, -0.2) is 32.9 Å². The minimum Gasteiger partial charge on any atom is -0.481 e. The summed E-state index contributed by atoms with van der Waals surface area (Å²) in [5.41, 5.74) is 1.12. The zero-order chi connectivity index (χ0) is 17.5. The Morgan fingerprint density at radius 3 is 2.75 bits per heavy atom. The van der Waals surface area contributed by atoms with Crippen LogP contribution in [0.2, 0.25) is 0 Å². The second-order valence-electron chi connectivity index (χ2n) is 5.72. The molecule has 7 heteroatoms. The van der Waals surface area contributed by atoms with E-state index in [1.165, 1.54) is 10.6 Å². The van der Waals surface area contributed by atoms with Crippen molar-refractivity contribution < 1.29 is 14.7 Å². The molecule has 0 radical (unpaired) electrons. The van der Waals surface area contributed by atoms with Crippen molar-refractivity contribution >= 4 is 17.5 Å². The number of nitrogens with zero attached hydrogens (tertiary/aromatic N) is 2. The van der Waals surface area contributed by atoms with Crippen molar-refractivity contribution in [2.24, 2.45) is 0 Å². The van der Waals surface area contributed by atoms with Gasteiger partial charge in [0.15, 0.2) is 0 Å². The first kappa shape index (κ1) is 17.7.